The highest BCUT2D eigenvalue weighted by Crippen LogP contribution is 2.22. The highest BCUT2D eigenvalue weighted by Gasteiger charge is 2.10. The largest absolute Gasteiger partial charge is 0.454 e. The standard InChI is InChI=1S/C19H13N3O2.C17H14N4O2/c1-2-14-6-3-7-15(12-14)19(23)22-17-9-4-10-18(21-17)24-16-8-5-11-20-13-16;1-12-3-2-4-13(7-12)17(22)21-16-8-14(5-6-20-16)23-15-9-18-11-19-10-15/h1,3-13H,(H,21,22,23);2-11H,1H3,(H,20,21,22). The molecular formula is C36H27N7O4. The predicted molar refractivity (Wildman–Crippen MR) is 176 cm³/mol. The summed E-state index contributed by atoms with van der Waals surface area (Å²) in [5.74, 6) is 4.75. The van der Waals surface area contributed by atoms with Gasteiger partial charge < -0.3 is 20.1 Å². The fourth-order valence-corrected chi connectivity index (χ4v) is 4.00. The number of carbonyl (C=O) groups is 2. The van der Waals surface area contributed by atoms with Crippen LogP contribution in [0.2, 0.25) is 0 Å². The Labute approximate surface area is 270 Å². The van der Waals surface area contributed by atoms with Crippen LogP contribution in [-0.2, 0) is 0 Å². The van der Waals surface area contributed by atoms with E-state index in [2.05, 4.69) is 41.5 Å². The summed E-state index contributed by atoms with van der Waals surface area (Å²) in [7, 11) is 0. The van der Waals surface area contributed by atoms with E-state index in [1.165, 1.54) is 6.33 Å². The van der Waals surface area contributed by atoms with Crippen LogP contribution in [0.4, 0.5) is 11.6 Å². The van der Waals surface area contributed by atoms with Gasteiger partial charge in [0, 0.05) is 41.2 Å². The zero-order valence-electron chi connectivity index (χ0n) is 25.1. The molecule has 6 aromatic rings. The molecule has 0 bridgehead atoms. The Morgan fingerprint density at radius 3 is 2.15 bits per heavy atom. The van der Waals surface area contributed by atoms with Crippen molar-refractivity contribution >= 4 is 23.5 Å². The molecule has 0 aliphatic carbocycles. The zero-order chi connectivity index (χ0) is 32.8. The third kappa shape index (κ3) is 9.53. The lowest BCUT2D eigenvalue weighted by atomic mass is 10.1. The molecule has 0 aliphatic heterocycles. The molecule has 11 heteroatoms. The van der Waals surface area contributed by atoms with E-state index < -0.39 is 0 Å². The highest BCUT2D eigenvalue weighted by atomic mass is 16.5. The number of aromatic nitrogens is 5. The maximum atomic E-state index is 12.3. The molecule has 2 N–H and O–H groups in total. The first-order valence-electron chi connectivity index (χ1n) is 14.1. The molecule has 0 atom stereocenters. The van der Waals surface area contributed by atoms with Gasteiger partial charge in [-0.05, 0) is 61.5 Å². The average molecular weight is 622 g/mol. The van der Waals surface area contributed by atoms with E-state index in [0.717, 1.165) is 5.56 Å². The van der Waals surface area contributed by atoms with Crippen LogP contribution in [0.1, 0.15) is 31.8 Å². The molecule has 4 heterocycles. The number of ether oxygens (including phenoxy) is 2. The van der Waals surface area contributed by atoms with Gasteiger partial charge in [-0.25, -0.2) is 15.0 Å². The van der Waals surface area contributed by atoms with Gasteiger partial charge >= 0.3 is 0 Å². The third-order valence-electron chi connectivity index (χ3n) is 6.14. The van der Waals surface area contributed by atoms with Gasteiger partial charge in [0.25, 0.3) is 11.8 Å². The second-order valence-corrected chi connectivity index (χ2v) is 9.71. The molecule has 2 aromatic carbocycles. The van der Waals surface area contributed by atoms with Crippen LogP contribution in [0.3, 0.4) is 0 Å². The number of anilines is 2. The molecule has 4 aromatic heterocycles. The van der Waals surface area contributed by atoms with Gasteiger partial charge in [0.15, 0.2) is 5.75 Å². The van der Waals surface area contributed by atoms with Gasteiger partial charge in [-0.2, -0.15) is 4.98 Å². The second kappa shape index (κ2) is 15.7. The Morgan fingerprint density at radius 1 is 0.681 bits per heavy atom. The van der Waals surface area contributed by atoms with Crippen molar-refractivity contribution in [2.45, 2.75) is 6.92 Å². The van der Waals surface area contributed by atoms with Crippen LogP contribution in [-0.4, -0.2) is 36.7 Å². The van der Waals surface area contributed by atoms with Gasteiger partial charge in [-0.1, -0.05) is 35.7 Å². The van der Waals surface area contributed by atoms with Crippen molar-refractivity contribution in [1.82, 2.24) is 24.9 Å². The zero-order valence-corrected chi connectivity index (χ0v) is 25.1. The number of pyridine rings is 3. The van der Waals surface area contributed by atoms with E-state index in [1.807, 2.05) is 25.1 Å². The number of nitrogens with zero attached hydrogens (tertiary/aromatic N) is 5. The average Bonchev–Trinajstić information content (AvgIpc) is 3.10. The van der Waals surface area contributed by atoms with Crippen molar-refractivity contribution in [3.63, 3.8) is 0 Å². The summed E-state index contributed by atoms with van der Waals surface area (Å²) >= 11 is 0. The summed E-state index contributed by atoms with van der Waals surface area (Å²) < 4.78 is 11.2. The predicted octanol–water partition coefficient (Wildman–Crippen LogP) is 6.73. The summed E-state index contributed by atoms with van der Waals surface area (Å²) in [5, 5.41) is 5.47. The molecule has 2 amide bonds. The summed E-state index contributed by atoms with van der Waals surface area (Å²) in [5.41, 5.74) is 2.71. The Bertz CT molecular complexity index is 2020. The van der Waals surface area contributed by atoms with Gasteiger partial charge in [0.05, 0.1) is 18.6 Å². The quantitative estimate of drug-likeness (QED) is 0.177. The van der Waals surface area contributed by atoms with Crippen molar-refractivity contribution in [3.8, 4) is 35.5 Å². The van der Waals surface area contributed by atoms with Crippen LogP contribution in [0.5, 0.6) is 23.1 Å². The van der Waals surface area contributed by atoms with Crippen molar-refractivity contribution in [3.05, 3.63) is 151 Å². The molecule has 0 fully saturated rings. The van der Waals surface area contributed by atoms with E-state index in [-0.39, 0.29) is 11.8 Å². The molecule has 0 spiro atoms. The first kappa shape index (κ1) is 31.5. The Kier molecular flexibility index (Phi) is 10.5. The summed E-state index contributed by atoms with van der Waals surface area (Å²) in [6.45, 7) is 1.94. The smallest absolute Gasteiger partial charge is 0.256 e. The van der Waals surface area contributed by atoms with Crippen LogP contribution in [0.15, 0.2) is 128 Å². The van der Waals surface area contributed by atoms with Crippen molar-refractivity contribution in [2.75, 3.05) is 10.6 Å². The molecule has 0 radical (unpaired) electrons. The first-order valence-corrected chi connectivity index (χ1v) is 14.1. The number of amides is 2. The van der Waals surface area contributed by atoms with E-state index in [9.17, 15) is 9.59 Å². The lowest BCUT2D eigenvalue weighted by Gasteiger charge is -2.08. The fraction of sp³-hybridized carbons (Fsp3) is 0.0278. The number of hydrogen-bond acceptors (Lipinski definition) is 9. The van der Waals surface area contributed by atoms with Crippen molar-refractivity contribution < 1.29 is 19.1 Å². The van der Waals surface area contributed by atoms with E-state index in [1.54, 1.807) is 104 Å². The number of terminal acetylenes is 1. The highest BCUT2D eigenvalue weighted by molar-refractivity contribution is 6.04. The van der Waals surface area contributed by atoms with Gasteiger partial charge in [-0.15, -0.1) is 6.42 Å². The Balaban J connectivity index is 0.000000185. The number of benzene rings is 2. The maximum absolute atomic E-state index is 12.3. The van der Waals surface area contributed by atoms with Crippen molar-refractivity contribution in [2.24, 2.45) is 0 Å². The van der Waals surface area contributed by atoms with Gasteiger partial charge in [-0.3, -0.25) is 14.6 Å². The topological polar surface area (TPSA) is 141 Å². The lowest BCUT2D eigenvalue weighted by molar-refractivity contribution is 0.101. The normalized spacial score (nSPS) is 9.96. The van der Waals surface area contributed by atoms with Crippen LogP contribution in [0.25, 0.3) is 0 Å². The minimum atomic E-state index is -0.293. The number of hydrogen-bond donors (Lipinski definition) is 2. The number of nitrogens with one attached hydrogen (secondary N) is 2. The fourth-order valence-electron chi connectivity index (χ4n) is 4.00. The Hall–Kier alpha value is -6.93. The molecule has 0 saturated heterocycles. The number of aryl methyl sites for hydroxylation is 1. The van der Waals surface area contributed by atoms with Crippen molar-refractivity contribution in [1.29, 1.82) is 0 Å². The summed E-state index contributed by atoms with van der Waals surface area (Å²) in [4.78, 5) is 44.6. The summed E-state index contributed by atoms with van der Waals surface area (Å²) in [6.07, 6.45) is 14.7. The van der Waals surface area contributed by atoms with Gasteiger partial charge in [0.1, 0.15) is 29.5 Å². The minimum absolute atomic E-state index is 0.221. The number of rotatable bonds is 8. The lowest BCUT2D eigenvalue weighted by Crippen LogP contribution is -2.13. The van der Waals surface area contributed by atoms with E-state index >= 15 is 0 Å². The monoisotopic (exact) mass is 621 g/mol. The second-order valence-electron chi connectivity index (χ2n) is 9.71. The van der Waals surface area contributed by atoms with Crippen LogP contribution < -0.4 is 20.1 Å². The van der Waals surface area contributed by atoms with Crippen LogP contribution in [0, 0.1) is 19.3 Å². The molecular weight excluding hydrogens is 594 g/mol. The molecule has 0 aliphatic rings. The Morgan fingerprint density at radius 2 is 1.40 bits per heavy atom. The molecule has 0 unspecified atom stereocenters. The number of carbonyl (C=O) groups excluding carboxylic acids is 2. The summed E-state index contributed by atoms with van der Waals surface area (Å²) in [6, 6.07) is 26.2. The molecule has 0 saturated carbocycles. The maximum Gasteiger partial charge on any atom is 0.256 e. The van der Waals surface area contributed by atoms with E-state index in [4.69, 9.17) is 15.9 Å². The van der Waals surface area contributed by atoms with Crippen LogP contribution >= 0.6 is 0 Å². The molecule has 230 valence electrons. The third-order valence-corrected chi connectivity index (χ3v) is 6.14. The molecule has 11 nitrogen and oxygen atoms in total. The van der Waals surface area contributed by atoms with E-state index in [0.29, 0.717) is 51.5 Å². The molecule has 47 heavy (non-hydrogen) atoms. The van der Waals surface area contributed by atoms with Gasteiger partial charge in [0.2, 0.25) is 5.88 Å². The molecule has 6 rings (SSSR count). The first-order chi connectivity index (χ1) is 22.9. The SMILES string of the molecule is C#Cc1cccc(C(=O)Nc2cccc(Oc3cccnc3)n2)c1.Cc1cccc(C(=O)Nc2cc(Oc3cncnc3)ccn2)c1. The minimum Gasteiger partial charge on any atom is -0.454 e.